The highest BCUT2D eigenvalue weighted by molar-refractivity contribution is 5.78. The predicted molar refractivity (Wildman–Crippen MR) is 57.8 cm³/mol. The monoisotopic (exact) mass is 198 g/mol. The van der Waals surface area contributed by atoms with Crippen LogP contribution in [0.5, 0.6) is 0 Å². The van der Waals surface area contributed by atoms with Gasteiger partial charge in [-0.05, 0) is 18.8 Å². The first-order valence-electron chi connectivity index (χ1n) is 5.64. The van der Waals surface area contributed by atoms with Crippen molar-refractivity contribution in [2.75, 3.05) is 6.54 Å². The lowest BCUT2D eigenvalue weighted by molar-refractivity contribution is -0.125. The molecule has 0 aromatic carbocycles. The molecule has 1 amide bonds. The predicted octanol–water partition coefficient (Wildman–Crippen LogP) is 1.28. The number of rotatable bonds is 3. The van der Waals surface area contributed by atoms with E-state index in [-0.39, 0.29) is 11.8 Å². The summed E-state index contributed by atoms with van der Waals surface area (Å²) in [6.45, 7) is 4.57. The summed E-state index contributed by atoms with van der Waals surface area (Å²) in [7, 11) is 0. The number of nitrogens with two attached hydrogens (primary N) is 1. The summed E-state index contributed by atoms with van der Waals surface area (Å²) < 4.78 is 0. The number of hydrogen-bond donors (Lipinski definition) is 2. The van der Waals surface area contributed by atoms with Crippen molar-refractivity contribution in [1.29, 1.82) is 0 Å². The van der Waals surface area contributed by atoms with E-state index in [2.05, 4.69) is 12.2 Å². The number of carbonyl (C=O) groups excluding carboxylic acids is 1. The fraction of sp³-hybridized carbons (Fsp3) is 0.909. The zero-order valence-electron chi connectivity index (χ0n) is 9.25. The minimum Gasteiger partial charge on any atom is -0.353 e. The molecule has 82 valence electrons. The van der Waals surface area contributed by atoms with Gasteiger partial charge in [0.15, 0.2) is 0 Å². The van der Waals surface area contributed by atoms with Crippen LogP contribution in [0, 0.1) is 11.8 Å². The van der Waals surface area contributed by atoms with Crippen molar-refractivity contribution in [3.63, 3.8) is 0 Å². The number of carbonyl (C=O) groups is 1. The fourth-order valence-electron chi connectivity index (χ4n) is 2.02. The van der Waals surface area contributed by atoms with Crippen LogP contribution >= 0.6 is 0 Å². The van der Waals surface area contributed by atoms with Crippen LogP contribution in [-0.2, 0) is 4.79 Å². The van der Waals surface area contributed by atoms with Gasteiger partial charge in [-0.15, -0.1) is 0 Å². The van der Waals surface area contributed by atoms with Gasteiger partial charge in [-0.2, -0.15) is 0 Å². The van der Waals surface area contributed by atoms with Gasteiger partial charge in [-0.25, -0.2) is 0 Å². The van der Waals surface area contributed by atoms with Crippen LogP contribution in [0.2, 0.25) is 0 Å². The minimum atomic E-state index is -0.0489. The summed E-state index contributed by atoms with van der Waals surface area (Å²) in [5.41, 5.74) is 5.44. The largest absolute Gasteiger partial charge is 0.353 e. The summed E-state index contributed by atoms with van der Waals surface area (Å²) in [6, 6.07) is 0.389. The van der Waals surface area contributed by atoms with Crippen LogP contribution in [0.1, 0.15) is 39.5 Å². The highest BCUT2D eigenvalue weighted by Gasteiger charge is 2.21. The molecular formula is C11H22N2O. The van der Waals surface area contributed by atoms with Gasteiger partial charge in [0.1, 0.15) is 0 Å². The van der Waals surface area contributed by atoms with Crippen molar-refractivity contribution in [1.82, 2.24) is 5.32 Å². The summed E-state index contributed by atoms with van der Waals surface area (Å²) in [4.78, 5) is 11.6. The molecule has 0 saturated heterocycles. The number of nitrogens with one attached hydrogen (secondary N) is 1. The average Bonchev–Trinajstić information content (AvgIpc) is 2.16. The third-order valence-corrected chi connectivity index (χ3v) is 3.08. The van der Waals surface area contributed by atoms with Gasteiger partial charge in [-0.3, -0.25) is 4.79 Å². The molecule has 1 saturated carbocycles. The summed E-state index contributed by atoms with van der Waals surface area (Å²) in [5.74, 6) is 0.820. The maximum atomic E-state index is 11.6. The van der Waals surface area contributed by atoms with Crippen molar-refractivity contribution in [3.8, 4) is 0 Å². The van der Waals surface area contributed by atoms with Gasteiger partial charge in [-0.1, -0.05) is 26.7 Å². The molecule has 3 unspecified atom stereocenters. The molecule has 0 aliphatic heterocycles. The Morgan fingerprint density at radius 1 is 1.57 bits per heavy atom. The third-order valence-electron chi connectivity index (χ3n) is 3.08. The Hall–Kier alpha value is -0.570. The van der Waals surface area contributed by atoms with Crippen LogP contribution in [0.3, 0.4) is 0 Å². The van der Waals surface area contributed by atoms with Gasteiger partial charge < -0.3 is 11.1 Å². The van der Waals surface area contributed by atoms with E-state index >= 15 is 0 Å². The van der Waals surface area contributed by atoms with Crippen molar-refractivity contribution in [2.45, 2.75) is 45.6 Å². The molecule has 1 aliphatic rings. The molecule has 14 heavy (non-hydrogen) atoms. The normalized spacial score (nSPS) is 29.6. The molecule has 3 heteroatoms. The first-order valence-corrected chi connectivity index (χ1v) is 5.64. The molecule has 0 radical (unpaired) electrons. The van der Waals surface area contributed by atoms with E-state index in [9.17, 15) is 4.79 Å². The van der Waals surface area contributed by atoms with Crippen LogP contribution in [-0.4, -0.2) is 18.5 Å². The van der Waals surface area contributed by atoms with Crippen LogP contribution < -0.4 is 11.1 Å². The van der Waals surface area contributed by atoms with Crippen LogP contribution in [0.15, 0.2) is 0 Å². The van der Waals surface area contributed by atoms with E-state index in [0.29, 0.717) is 12.6 Å². The Morgan fingerprint density at radius 2 is 2.29 bits per heavy atom. The topological polar surface area (TPSA) is 55.1 Å². The van der Waals surface area contributed by atoms with Crippen molar-refractivity contribution in [2.24, 2.45) is 17.6 Å². The molecule has 3 atom stereocenters. The summed E-state index contributed by atoms with van der Waals surface area (Å²) in [5, 5.41) is 3.08. The lowest BCUT2D eigenvalue weighted by Crippen LogP contribution is -2.42. The second kappa shape index (κ2) is 5.35. The molecule has 3 nitrogen and oxygen atoms in total. The van der Waals surface area contributed by atoms with E-state index in [0.717, 1.165) is 18.8 Å². The Kier molecular flexibility index (Phi) is 4.39. The van der Waals surface area contributed by atoms with E-state index in [1.165, 1.54) is 12.8 Å². The molecule has 0 spiro atoms. The van der Waals surface area contributed by atoms with E-state index in [1.807, 2.05) is 6.92 Å². The molecule has 3 N–H and O–H groups in total. The van der Waals surface area contributed by atoms with Crippen molar-refractivity contribution < 1.29 is 4.79 Å². The zero-order valence-corrected chi connectivity index (χ0v) is 9.25. The summed E-state index contributed by atoms with van der Waals surface area (Å²) >= 11 is 0. The molecule has 1 fully saturated rings. The van der Waals surface area contributed by atoms with E-state index < -0.39 is 0 Å². The molecule has 1 rings (SSSR count). The molecule has 0 bridgehead atoms. The average molecular weight is 198 g/mol. The highest BCUT2D eigenvalue weighted by Crippen LogP contribution is 2.23. The van der Waals surface area contributed by atoms with Gasteiger partial charge in [0.05, 0.1) is 0 Å². The maximum Gasteiger partial charge on any atom is 0.224 e. The number of hydrogen-bond acceptors (Lipinski definition) is 2. The first-order chi connectivity index (χ1) is 6.63. The Labute approximate surface area is 86.4 Å². The van der Waals surface area contributed by atoms with Gasteiger partial charge in [0.2, 0.25) is 5.91 Å². The van der Waals surface area contributed by atoms with Crippen LogP contribution in [0.25, 0.3) is 0 Å². The molecular weight excluding hydrogens is 176 g/mol. The summed E-state index contributed by atoms with van der Waals surface area (Å²) in [6.07, 6.45) is 4.80. The minimum absolute atomic E-state index is 0.0489. The molecule has 0 aromatic heterocycles. The SMILES string of the molecule is CC1CCCC(NC(=O)C(C)CN)C1. The standard InChI is InChI=1S/C11H22N2O/c1-8-4-3-5-10(6-8)13-11(14)9(2)7-12/h8-10H,3-7,12H2,1-2H3,(H,13,14). The van der Waals surface area contributed by atoms with Gasteiger partial charge in [0, 0.05) is 18.5 Å². The smallest absolute Gasteiger partial charge is 0.224 e. The van der Waals surface area contributed by atoms with Crippen molar-refractivity contribution in [3.05, 3.63) is 0 Å². The molecule has 0 heterocycles. The number of amides is 1. The Balaban J connectivity index is 2.32. The second-order valence-corrected chi connectivity index (χ2v) is 4.61. The lowest BCUT2D eigenvalue weighted by atomic mass is 9.87. The second-order valence-electron chi connectivity index (χ2n) is 4.61. The molecule has 0 aromatic rings. The Morgan fingerprint density at radius 3 is 2.86 bits per heavy atom. The lowest BCUT2D eigenvalue weighted by Gasteiger charge is -2.28. The van der Waals surface area contributed by atoms with Crippen LogP contribution in [0.4, 0.5) is 0 Å². The molecule has 1 aliphatic carbocycles. The van der Waals surface area contributed by atoms with E-state index in [1.54, 1.807) is 0 Å². The van der Waals surface area contributed by atoms with Gasteiger partial charge >= 0.3 is 0 Å². The highest BCUT2D eigenvalue weighted by atomic mass is 16.1. The fourth-order valence-corrected chi connectivity index (χ4v) is 2.02. The third kappa shape index (κ3) is 3.29. The van der Waals surface area contributed by atoms with E-state index in [4.69, 9.17) is 5.73 Å². The quantitative estimate of drug-likeness (QED) is 0.717. The Bertz CT molecular complexity index is 194. The van der Waals surface area contributed by atoms with Crippen molar-refractivity contribution >= 4 is 5.91 Å². The van der Waals surface area contributed by atoms with Gasteiger partial charge in [0.25, 0.3) is 0 Å². The zero-order chi connectivity index (χ0) is 10.6. The first kappa shape index (κ1) is 11.5. The maximum absolute atomic E-state index is 11.6.